The molecule has 0 unspecified atom stereocenters. The molecule has 0 saturated heterocycles. The van der Waals surface area contributed by atoms with E-state index in [0.29, 0.717) is 0 Å². The van der Waals surface area contributed by atoms with Crippen LogP contribution in [0, 0.1) is 11.8 Å². The van der Waals surface area contributed by atoms with Crippen LogP contribution >= 0.6 is 11.3 Å². The Balaban J connectivity index is 1.82. The molecular weight excluding hydrogens is 288 g/mol. The molecule has 0 N–H and O–H groups in total. The molecule has 0 aliphatic carbocycles. The summed E-state index contributed by atoms with van der Waals surface area (Å²) in [6.45, 7) is 0. The fourth-order valence-electron chi connectivity index (χ4n) is 2.40. The van der Waals surface area contributed by atoms with Crippen LogP contribution in [-0.2, 0) is 0 Å². The maximum atomic E-state index is 5.97. The first-order valence-corrected chi connectivity index (χ1v) is 7.97. The summed E-state index contributed by atoms with van der Waals surface area (Å²) in [6.07, 6.45) is 0. The maximum absolute atomic E-state index is 5.97. The minimum Gasteiger partial charge on any atom is -0.456 e. The molecule has 22 heavy (non-hydrogen) atoms. The van der Waals surface area contributed by atoms with Crippen molar-refractivity contribution >= 4 is 22.3 Å². The number of furan rings is 1. The second-order valence-corrected chi connectivity index (χ2v) is 5.74. The Labute approximate surface area is 132 Å². The summed E-state index contributed by atoms with van der Waals surface area (Å²) >= 11 is 1.66. The van der Waals surface area contributed by atoms with Crippen molar-refractivity contribution in [1.29, 1.82) is 0 Å². The minimum atomic E-state index is 0.858. The zero-order valence-corrected chi connectivity index (χ0v) is 12.6. The van der Waals surface area contributed by atoms with Crippen molar-refractivity contribution in [3.8, 4) is 23.2 Å². The van der Waals surface area contributed by atoms with E-state index in [0.717, 1.165) is 33.4 Å². The van der Waals surface area contributed by atoms with Gasteiger partial charge < -0.3 is 4.42 Å². The van der Waals surface area contributed by atoms with Crippen molar-refractivity contribution in [2.24, 2.45) is 0 Å². The van der Waals surface area contributed by atoms with E-state index in [2.05, 4.69) is 35.4 Å². The number of para-hydroxylation sites is 1. The first kappa shape index (κ1) is 12.9. The van der Waals surface area contributed by atoms with Gasteiger partial charge in [-0.25, -0.2) is 0 Å². The Bertz CT molecular complexity index is 948. The molecule has 4 rings (SSSR count). The minimum absolute atomic E-state index is 0.858. The molecule has 0 atom stereocenters. The van der Waals surface area contributed by atoms with Crippen LogP contribution in [0.1, 0.15) is 11.1 Å². The lowest BCUT2D eigenvalue weighted by Crippen LogP contribution is -1.81. The van der Waals surface area contributed by atoms with Crippen LogP contribution in [0.5, 0.6) is 0 Å². The van der Waals surface area contributed by atoms with E-state index in [4.69, 9.17) is 4.42 Å². The topological polar surface area (TPSA) is 13.1 Å². The summed E-state index contributed by atoms with van der Waals surface area (Å²) in [5, 5.41) is 5.20. The number of hydrogen-bond acceptors (Lipinski definition) is 2. The SMILES string of the molecule is C(#Cc1ccccc1-c1cc2ccccc2o1)c1ccsc1. The molecule has 2 heterocycles. The molecule has 2 aromatic heterocycles. The number of thiophene rings is 1. The van der Waals surface area contributed by atoms with Gasteiger partial charge in [0.1, 0.15) is 11.3 Å². The smallest absolute Gasteiger partial charge is 0.136 e. The van der Waals surface area contributed by atoms with Crippen molar-refractivity contribution in [3.63, 3.8) is 0 Å². The third kappa shape index (κ3) is 2.43. The molecule has 0 aliphatic heterocycles. The van der Waals surface area contributed by atoms with Crippen molar-refractivity contribution in [3.05, 3.63) is 82.6 Å². The highest BCUT2D eigenvalue weighted by atomic mass is 32.1. The highest BCUT2D eigenvalue weighted by Crippen LogP contribution is 2.29. The van der Waals surface area contributed by atoms with Crippen LogP contribution in [0.2, 0.25) is 0 Å². The molecule has 0 fully saturated rings. The number of benzene rings is 2. The molecule has 104 valence electrons. The van der Waals surface area contributed by atoms with Crippen molar-refractivity contribution in [2.75, 3.05) is 0 Å². The summed E-state index contributed by atoms with van der Waals surface area (Å²) in [5.74, 6) is 7.32. The van der Waals surface area contributed by atoms with Crippen LogP contribution < -0.4 is 0 Å². The standard InChI is InChI=1S/C20H12OS/c1-3-7-18(16(5-1)10-9-15-11-12-22-14-15)20-13-17-6-2-4-8-19(17)21-20/h1-8,11-14H. The Kier molecular flexibility index (Phi) is 3.27. The van der Waals surface area contributed by atoms with Gasteiger partial charge in [0.25, 0.3) is 0 Å². The van der Waals surface area contributed by atoms with Crippen LogP contribution in [0.25, 0.3) is 22.3 Å². The number of hydrogen-bond donors (Lipinski definition) is 0. The van der Waals surface area contributed by atoms with E-state index in [1.807, 2.05) is 47.8 Å². The van der Waals surface area contributed by atoms with Gasteiger partial charge in [-0.15, -0.1) is 0 Å². The van der Waals surface area contributed by atoms with Gasteiger partial charge in [0, 0.05) is 27.5 Å². The van der Waals surface area contributed by atoms with Crippen LogP contribution in [0.4, 0.5) is 0 Å². The average Bonchev–Trinajstić information content (AvgIpc) is 3.22. The maximum Gasteiger partial charge on any atom is 0.136 e. The van der Waals surface area contributed by atoms with Gasteiger partial charge in [-0.3, -0.25) is 0 Å². The molecule has 0 aliphatic rings. The molecule has 2 aromatic carbocycles. The third-order valence-corrected chi connectivity index (χ3v) is 4.16. The van der Waals surface area contributed by atoms with Gasteiger partial charge >= 0.3 is 0 Å². The van der Waals surface area contributed by atoms with Crippen LogP contribution in [-0.4, -0.2) is 0 Å². The number of rotatable bonds is 1. The van der Waals surface area contributed by atoms with Gasteiger partial charge in [-0.2, -0.15) is 11.3 Å². The van der Waals surface area contributed by atoms with E-state index in [1.54, 1.807) is 11.3 Å². The largest absolute Gasteiger partial charge is 0.456 e. The summed E-state index contributed by atoms with van der Waals surface area (Å²) in [5.41, 5.74) is 3.96. The van der Waals surface area contributed by atoms with E-state index in [-0.39, 0.29) is 0 Å². The molecule has 0 saturated carbocycles. The Morgan fingerprint density at radius 3 is 2.59 bits per heavy atom. The van der Waals surface area contributed by atoms with Gasteiger partial charge in [-0.05, 0) is 35.7 Å². The summed E-state index contributed by atoms with van der Waals surface area (Å²) in [4.78, 5) is 0. The molecule has 4 aromatic rings. The van der Waals surface area contributed by atoms with Crippen molar-refractivity contribution in [1.82, 2.24) is 0 Å². The lowest BCUT2D eigenvalue weighted by molar-refractivity contribution is 0.631. The summed E-state index contributed by atoms with van der Waals surface area (Å²) in [6, 6.07) is 20.2. The normalized spacial score (nSPS) is 10.4. The molecule has 0 radical (unpaired) electrons. The molecule has 2 heteroatoms. The zero-order chi connectivity index (χ0) is 14.8. The predicted octanol–water partition coefficient (Wildman–Crippen LogP) is 5.56. The Morgan fingerprint density at radius 2 is 1.73 bits per heavy atom. The predicted molar refractivity (Wildman–Crippen MR) is 91.9 cm³/mol. The first-order chi connectivity index (χ1) is 10.9. The fourth-order valence-corrected chi connectivity index (χ4v) is 2.98. The number of fused-ring (bicyclic) bond motifs is 1. The highest BCUT2D eigenvalue weighted by Gasteiger charge is 2.08. The van der Waals surface area contributed by atoms with Crippen LogP contribution in [0.15, 0.2) is 75.8 Å². The average molecular weight is 300 g/mol. The second-order valence-electron chi connectivity index (χ2n) is 4.96. The van der Waals surface area contributed by atoms with Crippen molar-refractivity contribution < 1.29 is 4.42 Å². The van der Waals surface area contributed by atoms with E-state index in [1.165, 1.54) is 0 Å². The second kappa shape index (κ2) is 5.55. The van der Waals surface area contributed by atoms with Crippen LogP contribution in [0.3, 0.4) is 0 Å². The van der Waals surface area contributed by atoms with Crippen molar-refractivity contribution in [2.45, 2.75) is 0 Å². The van der Waals surface area contributed by atoms with E-state index >= 15 is 0 Å². The third-order valence-electron chi connectivity index (χ3n) is 3.48. The monoisotopic (exact) mass is 300 g/mol. The lowest BCUT2D eigenvalue weighted by atomic mass is 10.1. The van der Waals surface area contributed by atoms with Gasteiger partial charge in [-0.1, -0.05) is 42.2 Å². The quantitative estimate of drug-likeness (QED) is 0.419. The first-order valence-electron chi connectivity index (χ1n) is 7.02. The van der Waals surface area contributed by atoms with E-state index in [9.17, 15) is 0 Å². The highest BCUT2D eigenvalue weighted by molar-refractivity contribution is 7.08. The fraction of sp³-hybridized carbons (Fsp3) is 0. The molecule has 0 bridgehead atoms. The van der Waals surface area contributed by atoms with Gasteiger partial charge in [0.05, 0.1) is 0 Å². The van der Waals surface area contributed by atoms with E-state index < -0.39 is 0 Å². The van der Waals surface area contributed by atoms with Gasteiger partial charge in [0.2, 0.25) is 0 Å². The summed E-state index contributed by atoms with van der Waals surface area (Å²) < 4.78 is 5.97. The molecule has 0 amide bonds. The summed E-state index contributed by atoms with van der Waals surface area (Å²) in [7, 11) is 0. The zero-order valence-electron chi connectivity index (χ0n) is 11.7. The Hall–Kier alpha value is -2.76. The Morgan fingerprint density at radius 1 is 0.864 bits per heavy atom. The molecule has 0 spiro atoms. The molecular formula is C20H12OS. The molecule has 1 nitrogen and oxygen atoms in total. The lowest BCUT2D eigenvalue weighted by Gasteiger charge is -2.00. The van der Waals surface area contributed by atoms with Gasteiger partial charge in [0.15, 0.2) is 0 Å².